The van der Waals surface area contributed by atoms with Gasteiger partial charge in [-0.1, -0.05) is 23.2 Å². The molecule has 0 unspecified atom stereocenters. The third kappa shape index (κ3) is 8.57. The molecule has 1 heterocycles. The molecule has 0 amide bonds. The van der Waals surface area contributed by atoms with Gasteiger partial charge in [0.05, 0.1) is 17.7 Å². The summed E-state index contributed by atoms with van der Waals surface area (Å²) in [6, 6.07) is 6.05. The van der Waals surface area contributed by atoms with Crippen molar-refractivity contribution in [3.05, 3.63) is 50.8 Å². The van der Waals surface area contributed by atoms with Crippen molar-refractivity contribution in [2.45, 2.75) is 25.9 Å². The van der Waals surface area contributed by atoms with Gasteiger partial charge in [-0.15, -0.1) is 0 Å². The summed E-state index contributed by atoms with van der Waals surface area (Å²) in [6.45, 7) is 2.24. The molecular formula is C19H18BrCl2F3N2O3. The molecular weight excluding hydrogens is 512 g/mol. The van der Waals surface area contributed by atoms with Gasteiger partial charge in [-0.2, -0.15) is 18.2 Å². The average Bonchev–Trinajstić information content (AvgIpc) is 2.64. The zero-order valence-electron chi connectivity index (χ0n) is 15.8. The number of halogens is 6. The summed E-state index contributed by atoms with van der Waals surface area (Å²) >= 11 is 14.4. The van der Waals surface area contributed by atoms with Crippen LogP contribution in [-0.2, 0) is 6.18 Å². The zero-order chi connectivity index (χ0) is 22.1. The van der Waals surface area contributed by atoms with E-state index in [1.807, 2.05) is 0 Å². The second-order valence-corrected chi connectivity index (χ2v) is 7.80. The molecule has 1 aromatic heterocycles. The largest absolute Gasteiger partial charge is 0.492 e. The SMILES string of the molecule is Cc1nc(OCCCCOc2ccc(OCC=C(Cl)Cl)cc2Br)cc(C(F)(F)F)n1. The number of aromatic nitrogens is 2. The lowest BCUT2D eigenvalue weighted by molar-refractivity contribution is -0.141. The minimum atomic E-state index is -4.54. The Balaban J connectivity index is 1.73. The van der Waals surface area contributed by atoms with Crippen molar-refractivity contribution in [2.75, 3.05) is 19.8 Å². The fraction of sp³-hybridized carbons (Fsp3) is 0.368. The highest BCUT2D eigenvalue weighted by Gasteiger charge is 2.33. The molecule has 1 aromatic carbocycles. The normalized spacial score (nSPS) is 11.2. The Morgan fingerprint density at radius 2 is 1.77 bits per heavy atom. The molecule has 0 N–H and O–H groups in total. The van der Waals surface area contributed by atoms with Gasteiger partial charge in [-0.05, 0) is 60.0 Å². The van der Waals surface area contributed by atoms with Crippen LogP contribution in [-0.4, -0.2) is 29.8 Å². The van der Waals surface area contributed by atoms with Crippen molar-refractivity contribution in [2.24, 2.45) is 0 Å². The van der Waals surface area contributed by atoms with Gasteiger partial charge in [0, 0.05) is 6.07 Å². The van der Waals surface area contributed by atoms with Gasteiger partial charge in [0.2, 0.25) is 5.88 Å². The average molecular weight is 530 g/mol. The van der Waals surface area contributed by atoms with Crippen LogP contribution in [0.25, 0.3) is 0 Å². The third-order valence-corrected chi connectivity index (χ3v) is 4.47. The molecule has 2 aromatic rings. The minimum absolute atomic E-state index is 0.00205. The van der Waals surface area contributed by atoms with E-state index < -0.39 is 11.9 Å². The highest BCUT2D eigenvalue weighted by molar-refractivity contribution is 9.10. The summed E-state index contributed by atoms with van der Waals surface area (Å²) in [6.07, 6.45) is -1.80. The first kappa shape index (κ1) is 24.6. The van der Waals surface area contributed by atoms with Gasteiger partial charge < -0.3 is 14.2 Å². The van der Waals surface area contributed by atoms with Crippen LogP contribution in [0, 0.1) is 6.92 Å². The van der Waals surface area contributed by atoms with E-state index in [1.54, 1.807) is 18.2 Å². The Hall–Kier alpha value is -1.71. The highest BCUT2D eigenvalue weighted by Crippen LogP contribution is 2.30. The number of aryl methyl sites for hydroxylation is 1. The molecule has 0 saturated heterocycles. The van der Waals surface area contributed by atoms with Crippen LogP contribution >= 0.6 is 39.1 Å². The Bertz CT molecular complexity index is 879. The van der Waals surface area contributed by atoms with Gasteiger partial charge >= 0.3 is 6.18 Å². The van der Waals surface area contributed by atoms with Crippen molar-refractivity contribution in [3.63, 3.8) is 0 Å². The van der Waals surface area contributed by atoms with Crippen molar-refractivity contribution < 1.29 is 27.4 Å². The first-order valence-corrected chi connectivity index (χ1v) is 10.3. The number of hydrogen-bond acceptors (Lipinski definition) is 5. The second kappa shape index (κ2) is 11.6. The molecule has 0 radical (unpaired) electrons. The third-order valence-electron chi connectivity index (χ3n) is 3.54. The van der Waals surface area contributed by atoms with E-state index >= 15 is 0 Å². The van der Waals surface area contributed by atoms with Gasteiger partial charge in [-0.3, -0.25) is 0 Å². The van der Waals surface area contributed by atoms with Crippen LogP contribution in [0.5, 0.6) is 17.4 Å². The number of ether oxygens (including phenoxy) is 3. The topological polar surface area (TPSA) is 53.5 Å². The van der Waals surface area contributed by atoms with E-state index in [0.29, 0.717) is 35.4 Å². The molecule has 0 bridgehead atoms. The van der Waals surface area contributed by atoms with Crippen LogP contribution in [0.1, 0.15) is 24.4 Å². The number of rotatable bonds is 10. The van der Waals surface area contributed by atoms with Crippen molar-refractivity contribution in [1.29, 1.82) is 0 Å². The summed E-state index contributed by atoms with van der Waals surface area (Å²) in [7, 11) is 0. The van der Waals surface area contributed by atoms with Crippen molar-refractivity contribution in [3.8, 4) is 17.4 Å². The zero-order valence-corrected chi connectivity index (χ0v) is 18.9. The Kier molecular flexibility index (Phi) is 9.51. The van der Waals surface area contributed by atoms with Crippen LogP contribution in [0.15, 0.2) is 39.3 Å². The van der Waals surface area contributed by atoms with Crippen LogP contribution < -0.4 is 14.2 Å². The summed E-state index contributed by atoms with van der Waals surface area (Å²) in [5.41, 5.74) is -1.02. The smallest absolute Gasteiger partial charge is 0.433 e. The predicted molar refractivity (Wildman–Crippen MR) is 111 cm³/mol. The highest BCUT2D eigenvalue weighted by atomic mass is 79.9. The Morgan fingerprint density at radius 3 is 2.40 bits per heavy atom. The molecule has 0 aliphatic heterocycles. The molecule has 30 heavy (non-hydrogen) atoms. The summed E-state index contributed by atoms with van der Waals surface area (Å²) in [5.74, 6) is 1.16. The number of alkyl halides is 3. The van der Waals surface area contributed by atoms with E-state index in [4.69, 9.17) is 37.4 Å². The first-order valence-electron chi connectivity index (χ1n) is 8.77. The maximum absolute atomic E-state index is 12.8. The maximum Gasteiger partial charge on any atom is 0.433 e. The fourth-order valence-electron chi connectivity index (χ4n) is 2.21. The summed E-state index contributed by atoms with van der Waals surface area (Å²) < 4.78 is 55.6. The van der Waals surface area contributed by atoms with E-state index in [-0.39, 0.29) is 29.4 Å². The van der Waals surface area contributed by atoms with E-state index in [0.717, 1.165) is 6.07 Å². The summed E-state index contributed by atoms with van der Waals surface area (Å²) in [4.78, 5) is 7.23. The Labute approximate surface area is 190 Å². The molecule has 0 aliphatic rings. The van der Waals surface area contributed by atoms with Gasteiger partial charge in [0.1, 0.15) is 28.4 Å². The molecule has 5 nitrogen and oxygen atoms in total. The molecule has 2 rings (SSSR count). The standard InChI is InChI=1S/C19H18BrCl2F3N2O3/c1-12-26-16(19(23,24)25)11-18(27-12)30-8-3-2-7-29-15-5-4-13(10-14(15)20)28-9-6-17(21)22/h4-6,10-11H,2-3,7-9H2,1H3. The number of hydrogen-bond donors (Lipinski definition) is 0. The van der Waals surface area contributed by atoms with Gasteiger partial charge in [0.15, 0.2) is 5.69 Å². The monoisotopic (exact) mass is 528 g/mol. The summed E-state index contributed by atoms with van der Waals surface area (Å²) in [5, 5.41) is 0. The number of benzene rings is 1. The van der Waals surface area contributed by atoms with Gasteiger partial charge in [-0.25, -0.2) is 4.98 Å². The molecule has 0 aliphatic carbocycles. The van der Waals surface area contributed by atoms with Crippen LogP contribution in [0.2, 0.25) is 0 Å². The predicted octanol–water partition coefficient (Wildman–Crippen LogP) is 6.50. The number of nitrogens with zero attached hydrogens (tertiary/aromatic N) is 2. The number of unbranched alkanes of at least 4 members (excludes halogenated alkanes) is 1. The molecule has 0 fully saturated rings. The maximum atomic E-state index is 12.8. The van der Waals surface area contributed by atoms with E-state index in [1.165, 1.54) is 13.0 Å². The van der Waals surface area contributed by atoms with Crippen molar-refractivity contribution in [1.82, 2.24) is 9.97 Å². The molecule has 164 valence electrons. The van der Waals surface area contributed by atoms with E-state index in [9.17, 15) is 13.2 Å². The fourth-order valence-corrected chi connectivity index (χ4v) is 2.81. The first-order chi connectivity index (χ1) is 14.1. The molecule has 11 heteroatoms. The lowest BCUT2D eigenvalue weighted by atomic mass is 10.3. The van der Waals surface area contributed by atoms with Gasteiger partial charge in [0.25, 0.3) is 0 Å². The lowest BCUT2D eigenvalue weighted by Crippen LogP contribution is -2.11. The van der Waals surface area contributed by atoms with Crippen LogP contribution in [0.3, 0.4) is 0 Å². The molecule has 0 atom stereocenters. The second-order valence-electron chi connectivity index (χ2n) is 5.94. The van der Waals surface area contributed by atoms with E-state index in [2.05, 4.69) is 25.9 Å². The quantitative estimate of drug-likeness (QED) is 0.329. The lowest BCUT2D eigenvalue weighted by Gasteiger charge is -2.11. The minimum Gasteiger partial charge on any atom is -0.492 e. The Morgan fingerprint density at radius 1 is 1.07 bits per heavy atom. The van der Waals surface area contributed by atoms with Crippen LogP contribution in [0.4, 0.5) is 13.2 Å². The van der Waals surface area contributed by atoms with Crippen molar-refractivity contribution >= 4 is 39.1 Å². The molecule has 0 spiro atoms. The molecule has 0 saturated carbocycles.